The molecule has 6 heteroatoms. The van der Waals surface area contributed by atoms with Crippen molar-refractivity contribution in [1.82, 2.24) is 19.9 Å². The number of carbonyl (C=O) groups excluding carboxylic acids is 1. The molecule has 5 nitrogen and oxygen atoms in total. The number of rotatable bonds is 9. The van der Waals surface area contributed by atoms with Gasteiger partial charge < -0.3 is 9.88 Å². The molecule has 1 N–H and O–H groups in total. The monoisotopic (exact) mass is 436 g/mol. The van der Waals surface area contributed by atoms with Crippen molar-refractivity contribution in [2.45, 2.75) is 63.6 Å². The highest BCUT2D eigenvalue weighted by molar-refractivity contribution is 7.99. The van der Waals surface area contributed by atoms with Gasteiger partial charge in [0.25, 0.3) is 5.91 Å². The third kappa shape index (κ3) is 5.67. The summed E-state index contributed by atoms with van der Waals surface area (Å²) in [7, 11) is 0. The van der Waals surface area contributed by atoms with Gasteiger partial charge in [-0.15, -0.1) is 0 Å². The number of benzene rings is 1. The third-order valence-electron chi connectivity index (χ3n) is 6.06. The van der Waals surface area contributed by atoms with Gasteiger partial charge in [-0.25, -0.2) is 4.98 Å². The molecule has 1 amide bonds. The number of fused-ring (bicyclic) bond motifs is 1. The lowest BCUT2D eigenvalue weighted by atomic mass is 9.91. The smallest absolute Gasteiger partial charge is 0.251 e. The van der Waals surface area contributed by atoms with Crippen LogP contribution in [0, 0.1) is 5.92 Å². The molecule has 3 aromatic rings. The number of thioether (sulfide) groups is 1. The van der Waals surface area contributed by atoms with E-state index in [9.17, 15) is 4.79 Å². The fourth-order valence-electron chi connectivity index (χ4n) is 4.18. The Labute approximate surface area is 189 Å². The molecule has 4 rings (SSSR count). The maximum atomic E-state index is 12.3. The normalized spacial score (nSPS) is 14.7. The van der Waals surface area contributed by atoms with Crippen molar-refractivity contribution in [3.8, 4) is 0 Å². The van der Waals surface area contributed by atoms with Gasteiger partial charge in [0.15, 0.2) is 5.16 Å². The number of aromatic nitrogens is 3. The molecule has 2 aromatic heterocycles. The summed E-state index contributed by atoms with van der Waals surface area (Å²) in [5.41, 5.74) is 3.93. The summed E-state index contributed by atoms with van der Waals surface area (Å²) in [5, 5.41) is 4.05. The van der Waals surface area contributed by atoms with Crippen molar-refractivity contribution in [1.29, 1.82) is 0 Å². The number of unbranched alkanes of at least 4 members (excludes halogenated alkanes) is 1. The number of hydrogen-bond donors (Lipinski definition) is 1. The molecule has 1 aliphatic carbocycles. The van der Waals surface area contributed by atoms with Crippen molar-refractivity contribution in [3.05, 3.63) is 53.9 Å². The minimum atomic E-state index is 0.000933. The number of amides is 1. The summed E-state index contributed by atoms with van der Waals surface area (Å²) in [5.74, 6) is 1.94. The highest BCUT2D eigenvalue weighted by Gasteiger charge is 2.17. The SMILES string of the molecule is CCCCNC(=O)c1ccc(Cn2c(SCC3CCCCC3)nc3ccncc32)cc1. The van der Waals surface area contributed by atoms with Crippen LogP contribution >= 0.6 is 11.8 Å². The van der Waals surface area contributed by atoms with Crippen LogP contribution in [-0.2, 0) is 6.54 Å². The van der Waals surface area contributed by atoms with Gasteiger partial charge in [0.1, 0.15) is 0 Å². The van der Waals surface area contributed by atoms with E-state index in [1.165, 1.54) is 32.1 Å². The summed E-state index contributed by atoms with van der Waals surface area (Å²) in [6.45, 7) is 3.58. The van der Waals surface area contributed by atoms with E-state index in [2.05, 4.69) is 21.8 Å². The molecule has 1 saturated carbocycles. The number of imidazole rings is 1. The zero-order valence-corrected chi connectivity index (χ0v) is 19.2. The first-order valence-electron chi connectivity index (χ1n) is 11.5. The van der Waals surface area contributed by atoms with E-state index in [0.29, 0.717) is 5.56 Å². The van der Waals surface area contributed by atoms with Crippen LogP contribution in [-0.4, -0.2) is 32.7 Å². The minimum absolute atomic E-state index is 0.000933. The van der Waals surface area contributed by atoms with Crippen LogP contribution in [0.1, 0.15) is 67.8 Å². The van der Waals surface area contributed by atoms with E-state index >= 15 is 0 Å². The summed E-state index contributed by atoms with van der Waals surface area (Å²) in [6.07, 6.45) is 12.6. The Morgan fingerprint density at radius 2 is 1.97 bits per heavy atom. The van der Waals surface area contributed by atoms with Gasteiger partial charge in [-0.1, -0.05) is 56.5 Å². The molecular formula is C25H32N4OS. The van der Waals surface area contributed by atoms with Crippen LogP contribution in [0.25, 0.3) is 11.0 Å². The predicted octanol–water partition coefficient (Wildman–Crippen LogP) is 5.68. The lowest BCUT2D eigenvalue weighted by Gasteiger charge is -2.21. The van der Waals surface area contributed by atoms with E-state index in [4.69, 9.17) is 4.98 Å². The van der Waals surface area contributed by atoms with Gasteiger partial charge in [0.05, 0.1) is 23.8 Å². The van der Waals surface area contributed by atoms with E-state index in [1.54, 1.807) is 6.20 Å². The second-order valence-corrected chi connectivity index (χ2v) is 9.45. The molecule has 0 unspecified atom stereocenters. The maximum absolute atomic E-state index is 12.3. The maximum Gasteiger partial charge on any atom is 0.251 e. The number of nitrogens with one attached hydrogen (secondary N) is 1. The summed E-state index contributed by atoms with van der Waals surface area (Å²) >= 11 is 1.88. The minimum Gasteiger partial charge on any atom is -0.352 e. The summed E-state index contributed by atoms with van der Waals surface area (Å²) < 4.78 is 2.27. The Bertz CT molecular complexity index is 992. The van der Waals surface area contributed by atoms with Gasteiger partial charge in [0.2, 0.25) is 0 Å². The fraction of sp³-hybridized carbons (Fsp3) is 0.480. The van der Waals surface area contributed by atoms with Gasteiger partial charge in [-0.3, -0.25) is 9.78 Å². The van der Waals surface area contributed by atoms with E-state index in [0.717, 1.165) is 59.4 Å². The number of carbonyl (C=O) groups is 1. The van der Waals surface area contributed by atoms with Crippen molar-refractivity contribution < 1.29 is 4.79 Å². The molecule has 1 aliphatic rings. The van der Waals surface area contributed by atoms with Crippen LogP contribution in [0.2, 0.25) is 0 Å². The van der Waals surface area contributed by atoms with Crippen LogP contribution in [0.4, 0.5) is 0 Å². The van der Waals surface area contributed by atoms with E-state index < -0.39 is 0 Å². The molecule has 31 heavy (non-hydrogen) atoms. The van der Waals surface area contributed by atoms with Crippen LogP contribution in [0.3, 0.4) is 0 Å². The first-order chi connectivity index (χ1) is 15.2. The molecule has 0 saturated heterocycles. The van der Waals surface area contributed by atoms with Gasteiger partial charge in [-0.05, 0) is 48.9 Å². The van der Waals surface area contributed by atoms with Gasteiger partial charge in [-0.2, -0.15) is 0 Å². The average Bonchev–Trinajstić information content (AvgIpc) is 3.16. The standard InChI is InChI=1S/C25H32N4OS/c1-2-3-14-27-24(30)21-11-9-19(10-12-21)17-29-23-16-26-15-13-22(23)28-25(29)31-18-20-7-5-4-6-8-20/h9-13,15-16,20H,2-8,14,17-18H2,1H3,(H,27,30). The average molecular weight is 437 g/mol. The van der Waals surface area contributed by atoms with Crippen LogP contribution in [0.15, 0.2) is 47.9 Å². The second-order valence-electron chi connectivity index (χ2n) is 8.47. The Balaban J connectivity index is 1.48. The van der Waals surface area contributed by atoms with Crippen LogP contribution in [0.5, 0.6) is 0 Å². The Hall–Kier alpha value is -2.34. The second kappa shape index (κ2) is 10.8. The van der Waals surface area contributed by atoms with Gasteiger partial charge >= 0.3 is 0 Å². The Morgan fingerprint density at radius 1 is 1.16 bits per heavy atom. The molecule has 0 aliphatic heterocycles. The lowest BCUT2D eigenvalue weighted by molar-refractivity contribution is 0.0953. The van der Waals surface area contributed by atoms with Crippen molar-refractivity contribution in [2.24, 2.45) is 5.92 Å². The third-order valence-corrected chi connectivity index (χ3v) is 7.27. The highest BCUT2D eigenvalue weighted by atomic mass is 32.2. The van der Waals surface area contributed by atoms with Crippen molar-refractivity contribution in [3.63, 3.8) is 0 Å². The largest absolute Gasteiger partial charge is 0.352 e. The zero-order chi connectivity index (χ0) is 21.5. The molecular weight excluding hydrogens is 404 g/mol. The number of pyridine rings is 1. The lowest BCUT2D eigenvalue weighted by Crippen LogP contribution is -2.24. The Kier molecular flexibility index (Phi) is 7.62. The predicted molar refractivity (Wildman–Crippen MR) is 128 cm³/mol. The highest BCUT2D eigenvalue weighted by Crippen LogP contribution is 2.31. The van der Waals surface area contributed by atoms with E-state index in [1.807, 2.05) is 48.3 Å². The quantitative estimate of drug-likeness (QED) is 0.346. The molecule has 0 atom stereocenters. The molecule has 0 radical (unpaired) electrons. The zero-order valence-electron chi connectivity index (χ0n) is 18.3. The topological polar surface area (TPSA) is 59.8 Å². The first-order valence-corrected chi connectivity index (χ1v) is 12.5. The van der Waals surface area contributed by atoms with Crippen molar-refractivity contribution >= 4 is 28.7 Å². The molecule has 1 aromatic carbocycles. The molecule has 164 valence electrons. The first kappa shape index (κ1) is 21.9. The molecule has 1 fully saturated rings. The van der Waals surface area contributed by atoms with Gasteiger partial charge in [0, 0.05) is 24.1 Å². The summed E-state index contributed by atoms with van der Waals surface area (Å²) in [6, 6.07) is 9.92. The fourth-order valence-corrected chi connectivity index (χ4v) is 5.38. The van der Waals surface area contributed by atoms with Crippen molar-refractivity contribution in [2.75, 3.05) is 12.3 Å². The van der Waals surface area contributed by atoms with Crippen LogP contribution < -0.4 is 5.32 Å². The summed E-state index contributed by atoms with van der Waals surface area (Å²) in [4.78, 5) is 21.5. The number of nitrogens with zero attached hydrogens (tertiary/aromatic N) is 3. The molecule has 2 heterocycles. The Morgan fingerprint density at radius 3 is 2.74 bits per heavy atom. The molecule has 0 spiro atoms. The van der Waals surface area contributed by atoms with E-state index in [-0.39, 0.29) is 5.91 Å². The number of hydrogen-bond acceptors (Lipinski definition) is 4. The molecule has 0 bridgehead atoms.